The second-order valence-corrected chi connectivity index (χ2v) is 3.39. The average molecular weight is 205 g/mol. The predicted octanol–water partition coefficient (Wildman–Crippen LogP) is 2.36. The number of para-hydroxylation sites is 1. The van der Waals surface area contributed by atoms with Gasteiger partial charge in [0.25, 0.3) is 0 Å². The summed E-state index contributed by atoms with van der Waals surface area (Å²) in [5.74, 6) is -0.918. The summed E-state index contributed by atoms with van der Waals surface area (Å²) in [7, 11) is 0. The van der Waals surface area contributed by atoms with Crippen LogP contribution in [0.1, 0.15) is 11.1 Å². The molecule has 0 spiro atoms. The van der Waals surface area contributed by atoms with Gasteiger partial charge in [-0.1, -0.05) is 24.3 Å². The zero-order chi connectivity index (χ0) is 11.3. The molecule has 80 valence electrons. The van der Waals surface area contributed by atoms with Gasteiger partial charge in [0.05, 0.1) is 0 Å². The zero-order valence-electron chi connectivity index (χ0n) is 8.95. The Bertz CT molecular complexity index is 363. The number of aryl methyl sites for hydroxylation is 2. The lowest BCUT2D eigenvalue weighted by molar-refractivity contribution is -0.131. The molecule has 2 N–H and O–H groups in total. The molecule has 0 aliphatic rings. The molecule has 0 heterocycles. The molecule has 0 aliphatic carbocycles. The van der Waals surface area contributed by atoms with Crippen LogP contribution in [0.3, 0.4) is 0 Å². The molecule has 0 unspecified atom stereocenters. The van der Waals surface area contributed by atoms with Gasteiger partial charge in [-0.3, -0.25) is 0 Å². The van der Waals surface area contributed by atoms with Gasteiger partial charge in [-0.2, -0.15) is 0 Å². The number of benzene rings is 1. The molecule has 0 fully saturated rings. The predicted molar refractivity (Wildman–Crippen MR) is 61.2 cm³/mol. The topological polar surface area (TPSA) is 49.3 Å². The van der Waals surface area contributed by atoms with Crippen LogP contribution in [0.15, 0.2) is 30.4 Å². The van der Waals surface area contributed by atoms with Gasteiger partial charge in [-0.15, -0.1) is 0 Å². The minimum Gasteiger partial charge on any atom is -0.478 e. The molecule has 3 nitrogen and oxygen atoms in total. The van der Waals surface area contributed by atoms with Crippen LogP contribution in [0.25, 0.3) is 0 Å². The SMILES string of the molecule is Cc1cccc(C)c1NC/C=C/C(=O)O. The van der Waals surface area contributed by atoms with Crippen LogP contribution in [-0.2, 0) is 4.79 Å². The number of rotatable bonds is 4. The third-order valence-corrected chi connectivity index (χ3v) is 2.14. The molecular formula is C12H15NO2. The maximum Gasteiger partial charge on any atom is 0.328 e. The number of carboxylic acids is 1. The molecule has 0 bridgehead atoms. The van der Waals surface area contributed by atoms with Crippen molar-refractivity contribution in [1.82, 2.24) is 0 Å². The number of hydrogen-bond acceptors (Lipinski definition) is 2. The van der Waals surface area contributed by atoms with Gasteiger partial charge in [0, 0.05) is 18.3 Å². The van der Waals surface area contributed by atoms with E-state index in [2.05, 4.69) is 5.32 Å². The van der Waals surface area contributed by atoms with Crippen molar-refractivity contribution < 1.29 is 9.90 Å². The van der Waals surface area contributed by atoms with Gasteiger partial charge in [-0.05, 0) is 25.0 Å². The van der Waals surface area contributed by atoms with Crippen LogP contribution in [0, 0.1) is 13.8 Å². The van der Waals surface area contributed by atoms with Crippen LogP contribution in [0.5, 0.6) is 0 Å². The van der Waals surface area contributed by atoms with Crippen molar-refractivity contribution >= 4 is 11.7 Å². The van der Waals surface area contributed by atoms with Crippen LogP contribution in [-0.4, -0.2) is 17.6 Å². The van der Waals surface area contributed by atoms with Crippen molar-refractivity contribution in [2.75, 3.05) is 11.9 Å². The molecule has 1 rings (SSSR count). The largest absolute Gasteiger partial charge is 0.478 e. The highest BCUT2D eigenvalue weighted by atomic mass is 16.4. The number of nitrogens with one attached hydrogen (secondary N) is 1. The van der Waals surface area contributed by atoms with E-state index in [0.29, 0.717) is 6.54 Å². The molecule has 0 aliphatic heterocycles. The van der Waals surface area contributed by atoms with E-state index in [0.717, 1.165) is 11.8 Å². The van der Waals surface area contributed by atoms with Gasteiger partial charge >= 0.3 is 5.97 Å². The van der Waals surface area contributed by atoms with E-state index in [1.54, 1.807) is 6.08 Å². The van der Waals surface area contributed by atoms with Gasteiger partial charge in [-0.25, -0.2) is 4.79 Å². The fourth-order valence-electron chi connectivity index (χ4n) is 1.41. The summed E-state index contributed by atoms with van der Waals surface area (Å²) in [6.45, 7) is 4.57. The maximum atomic E-state index is 10.2. The number of hydrogen-bond donors (Lipinski definition) is 2. The van der Waals surface area contributed by atoms with Gasteiger partial charge in [0.2, 0.25) is 0 Å². The molecule has 15 heavy (non-hydrogen) atoms. The quantitative estimate of drug-likeness (QED) is 0.742. The molecular weight excluding hydrogens is 190 g/mol. The van der Waals surface area contributed by atoms with Crippen LogP contribution >= 0.6 is 0 Å². The minimum absolute atomic E-state index is 0.526. The van der Waals surface area contributed by atoms with Crippen LogP contribution < -0.4 is 5.32 Å². The van der Waals surface area contributed by atoms with E-state index >= 15 is 0 Å². The Morgan fingerprint density at radius 1 is 1.40 bits per heavy atom. The van der Waals surface area contributed by atoms with Crippen molar-refractivity contribution in [3.8, 4) is 0 Å². The molecule has 0 saturated carbocycles. The first kappa shape index (κ1) is 11.3. The van der Waals surface area contributed by atoms with E-state index in [1.807, 2.05) is 32.0 Å². The highest BCUT2D eigenvalue weighted by Crippen LogP contribution is 2.18. The van der Waals surface area contributed by atoms with Crippen molar-refractivity contribution in [3.05, 3.63) is 41.5 Å². The lowest BCUT2D eigenvalue weighted by Gasteiger charge is -2.10. The third-order valence-electron chi connectivity index (χ3n) is 2.14. The Balaban J connectivity index is 2.61. The van der Waals surface area contributed by atoms with Crippen LogP contribution in [0.4, 0.5) is 5.69 Å². The first-order chi connectivity index (χ1) is 7.11. The second kappa shape index (κ2) is 5.20. The van der Waals surface area contributed by atoms with Gasteiger partial charge in [0.1, 0.15) is 0 Å². The first-order valence-electron chi connectivity index (χ1n) is 4.81. The van der Waals surface area contributed by atoms with E-state index in [1.165, 1.54) is 11.1 Å². The second-order valence-electron chi connectivity index (χ2n) is 3.39. The fourth-order valence-corrected chi connectivity index (χ4v) is 1.41. The normalized spacial score (nSPS) is 10.5. The standard InChI is InChI=1S/C12H15NO2/c1-9-5-3-6-10(2)12(9)13-8-4-7-11(14)15/h3-7,13H,8H2,1-2H3,(H,14,15)/b7-4+. The smallest absolute Gasteiger partial charge is 0.328 e. The maximum absolute atomic E-state index is 10.2. The lowest BCUT2D eigenvalue weighted by atomic mass is 10.1. The molecule has 1 aromatic rings. The van der Waals surface area contributed by atoms with Crippen molar-refractivity contribution in [2.24, 2.45) is 0 Å². The lowest BCUT2D eigenvalue weighted by Crippen LogP contribution is -2.02. The molecule has 3 heteroatoms. The zero-order valence-corrected chi connectivity index (χ0v) is 8.95. The van der Waals surface area contributed by atoms with Gasteiger partial charge in [0.15, 0.2) is 0 Å². The summed E-state index contributed by atoms with van der Waals surface area (Å²) < 4.78 is 0. The molecule has 0 aromatic heterocycles. The van der Waals surface area contributed by atoms with Gasteiger partial charge < -0.3 is 10.4 Å². The summed E-state index contributed by atoms with van der Waals surface area (Å²) in [5.41, 5.74) is 3.41. The highest BCUT2D eigenvalue weighted by Gasteiger charge is 1.98. The van der Waals surface area contributed by atoms with Crippen molar-refractivity contribution in [1.29, 1.82) is 0 Å². The summed E-state index contributed by atoms with van der Waals surface area (Å²) >= 11 is 0. The Morgan fingerprint density at radius 2 is 2.00 bits per heavy atom. The first-order valence-corrected chi connectivity index (χ1v) is 4.81. The van der Waals surface area contributed by atoms with E-state index in [-0.39, 0.29) is 0 Å². The third kappa shape index (κ3) is 3.46. The fraction of sp³-hybridized carbons (Fsp3) is 0.250. The van der Waals surface area contributed by atoms with Crippen molar-refractivity contribution in [2.45, 2.75) is 13.8 Å². The monoisotopic (exact) mass is 205 g/mol. The van der Waals surface area contributed by atoms with E-state index in [4.69, 9.17) is 5.11 Å². The van der Waals surface area contributed by atoms with Crippen LogP contribution in [0.2, 0.25) is 0 Å². The summed E-state index contributed by atoms with van der Waals surface area (Å²) in [5, 5.41) is 11.6. The minimum atomic E-state index is -0.918. The molecule has 0 amide bonds. The number of anilines is 1. The van der Waals surface area contributed by atoms with E-state index < -0.39 is 5.97 Å². The highest BCUT2D eigenvalue weighted by molar-refractivity contribution is 5.79. The molecule has 1 aromatic carbocycles. The van der Waals surface area contributed by atoms with E-state index in [9.17, 15) is 4.79 Å². The Morgan fingerprint density at radius 3 is 2.53 bits per heavy atom. The molecule has 0 saturated heterocycles. The molecule has 0 atom stereocenters. The Kier molecular flexibility index (Phi) is 3.92. The number of aliphatic carboxylic acids is 1. The Hall–Kier alpha value is -1.77. The summed E-state index contributed by atoms with van der Waals surface area (Å²) in [4.78, 5) is 10.2. The Labute approximate surface area is 89.4 Å². The van der Waals surface area contributed by atoms with Crippen molar-refractivity contribution in [3.63, 3.8) is 0 Å². The summed E-state index contributed by atoms with van der Waals surface area (Å²) in [6, 6.07) is 6.05. The molecule has 0 radical (unpaired) electrons. The number of carbonyl (C=O) groups is 1. The summed E-state index contributed by atoms with van der Waals surface area (Å²) in [6.07, 6.45) is 2.73. The number of carboxylic acid groups (broad SMARTS) is 1. The average Bonchev–Trinajstić information content (AvgIpc) is 2.15.